The number of carbonyl (C=O) groups excluding carboxylic acids is 1. The average molecular weight is 242 g/mol. The van der Waals surface area contributed by atoms with Gasteiger partial charge in [-0.2, -0.15) is 0 Å². The van der Waals surface area contributed by atoms with Gasteiger partial charge in [-0.25, -0.2) is 0 Å². The Balaban J connectivity index is 2.14. The molecule has 1 aliphatic heterocycles. The van der Waals surface area contributed by atoms with Crippen LogP contribution < -0.4 is 5.73 Å². The molecule has 3 N–H and O–H groups in total. The van der Waals surface area contributed by atoms with Crippen molar-refractivity contribution in [3.63, 3.8) is 0 Å². The van der Waals surface area contributed by atoms with Gasteiger partial charge in [-0.15, -0.1) is 0 Å². The summed E-state index contributed by atoms with van der Waals surface area (Å²) >= 11 is 0. The zero-order chi connectivity index (χ0) is 12.5. The zero-order valence-corrected chi connectivity index (χ0v) is 10.7. The van der Waals surface area contributed by atoms with E-state index in [9.17, 15) is 4.79 Å². The van der Waals surface area contributed by atoms with Gasteiger partial charge in [-0.05, 0) is 38.1 Å². The third kappa shape index (κ3) is 5.50. The molecule has 0 aromatic carbocycles. The summed E-state index contributed by atoms with van der Waals surface area (Å²) in [5.41, 5.74) is 5.42. The second-order valence-corrected chi connectivity index (χ2v) is 4.98. The maximum Gasteiger partial charge on any atom is 0.222 e. The normalized spacial score (nSPS) is 20.6. The Labute approximate surface area is 104 Å². The second-order valence-electron chi connectivity index (χ2n) is 4.98. The van der Waals surface area contributed by atoms with E-state index in [1.807, 2.05) is 4.90 Å². The second kappa shape index (κ2) is 8.48. The maximum absolute atomic E-state index is 11.9. The number of hydrogen-bond donors (Lipinski definition) is 2. The van der Waals surface area contributed by atoms with Crippen LogP contribution in [0.15, 0.2) is 0 Å². The maximum atomic E-state index is 11.9. The molecule has 4 heteroatoms. The van der Waals surface area contributed by atoms with E-state index in [0.717, 1.165) is 58.2 Å². The summed E-state index contributed by atoms with van der Waals surface area (Å²) in [6.45, 7) is 2.58. The molecule has 1 heterocycles. The highest BCUT2D eigenvalue weighted by Crippen LogP contribution is 2.17. The van der Waals surface area contributed by atoms with Crippen molar-refractivity contribution in [1.82, 2.24) is 4.90 Å². The van der Waals surface area contributed by atoms with E-state index >= 15 is 0 Å². The standard InChI is InChI=1S/C13H26N2O2/c14-8-4-2-1-3-7-13(17)15-9-5-6-12(10-15)11-16/h12,16H,1-11,14H2. The van der Waals surface area contributed by atoms with Gasteiger partial charge in [0, 0.05) is 26.1 Å². The third-order valence-electron chi connectivity index (χ3n) is 3.47. The lowest BCUT2D eigenvalue weighted by atomic mass is 9.98. The predicted octanol–water partition coefficient (Wildman–Crippen LogP) is 1.13. The molecule has 4 nitrogen and oxygen atoms in total. The lowest BCUT2D eigenvalue weighted by Gasteiger charge is -2.32. The number of hydrogen-bond acceptors (Lipinski definition) is 3. The predicted molar refractivity (Wildman–Crippen MR) is 68.5 cm³/mol. The quantitative estimate of drug-likeness (QED) is 0.658. The number of unbranched alkanes of at least 4 members (excludes halogenated alkanes) is 3. The first kappa shape index (κ1) is 14.5. The van der Waals surface area contributed by atoms with Crippen LogP contribution in [-0.2, 0) is 4.79 Å². The highest BCUT2D eigenvalue weighted by Gasteiger charge is 2.22. The molecule has 1 amide bonds. The summed E-state index contributed by atoms with van der Waals surface area (Å²) in [6.07, 6.45) is 7.00. The van der Waals surface area contributed by atoms with E-state index in [-0.39, 0.29) is 12.5 Å². The molecule has 0 aromatic heterocycles. The highest BCUT2D eigenvalue weighted by atomic mass is 16.3. The van der Waals surface area contributed by atoms with Crippen LogP contribution in [0.3, 0.4) is 0 Å². The van der Waals surface area contributed by atoms with Crippen molar-refractivity contribution in [3.05, 3.63) is 0 Å². The minimum Gasteiger partial charge on any atom is -0.396 e. The van der Waals surface area contributed by atoms with Gasteiger partial charge in [0.25, 0.3) is 0 Å². The number of amides is 1. The number of piperidine rings is 1. The lowest BCUT2D eigenvalue weighted by molar-refractivity contribution is -0.133. The van der Waals surface area contributed by atoms with Crippen molar-refractivity contribution < 1.29 is 9.90 Å². The molecule has 1 unspecified atom stereocenters. The van der Waals surface area contributed by atoms with Crippen LogP contribution in [0.25, 0.3) is 0 Å². The van der Waals surface area contributed by atoms with Crippen molar-refractivity contribution in [2.75, 3.05) is 26.2 Å². The fourth-order valence-electron chi connectivity index (χ4n) is 2.37. The molecule has 1 saturated heterocycles. The molecule has 1 rings (SSSR count). The van der Waals surface area contributed by atoms with Gasteiger partial charge in [0.15, 0.2) is 0 Å². The molecule has 0 saturated carbocycles. The van der Waals surface area contributed by atoms with E-state index in [4.69, 9.17) is 10.8 Å². The van der Waals surface area contributed by atoms with E-state index in [1.165, 1.54) is 0 Å². The first-order valence-electron chi connectivity index (χ1n) is 6.86. The summed E-state index contributed by atoms with van der Waals surface area (Å²) in [6, 6.07) is 0. The molecule has 0 aromatic rings. The van der Waals surface area contributed by atoms with Crippen LogP contribution >= 0.6 is 0 Å². The number of carbonyl (C=O) groups is 1. The number of nitrogens with zero attached hydrogens (tertiary/aromatic N) is 1. The number of aliphatic hydroxyl groups excluding tert-OH is 1. The van der Waals surface area contributed by atoms with E-state index in [0.29, 0.717) is 12.3 Å². The monoisotopic (exact) mass is 242 g/mol. The summed E-state index contributed by atoms with van der Waals surface area (Å²) in [5, 5.41) is 9.11. The Bertz CT molecular complexity index is 221. The molecular weight excluding hydrogens is 216 g/mol. The van der Waals surface area contributed by atoms with Gasteiger partial charge in [0.1, 0.15) is 0 Å². The van der Waals surface area contributed by atoms with Crippen LogP contribution in [0, 0.1) is 5.92 Å². The van der Waals surface area contributed by atoms with Gasteiger partial charge < -0.3 is 15.7 Å². The van der Waals surface area contributed by atoms with Gasteiger partial charge in [0.2, 0.25) is 5.91 Å². The zero-order valence-electron chi connectivity index (χ0n) is 10.7. The largest absolute Gasteiger partial charge is 0.396 e. The molecular formula is C13H26N2O2. The molecule has 1 atom stereocenters. The first-order chi connectivity index (χ1) is 8.27. The third-order valence-corrected chi connectivity index (χ3v) is 3.47. The molecule has 0 bridgehead atoms. The van der Waals surface area contributed by atoms with Crippen molar-refractivity contribution in [3.8, 4) is 0 Å². The Hall–Kier alpha value is -0.610. The van der Waals surface area contributed by atoms with Crippen molar-refractivity contribution in [2.45, 2.75) is 44.9 Å². The molecule has 100 valence electrons. The highest BCUT2D eigenvalue weighted by molar-refractivity contribution is 5.76. The Kier molecular flexibility index (Phi) is 7.21. The number of aliphatic hydroxyl groups is 1. The Morgan fingerprint density at radius 3 is 2.76 bits per heavy atom. The van der Waals surface area contributed by atoms with E-state index in [2.05, 4.69) is 0 Å². The van der Waals surface area contributed by atoms with E-state index < -0.39 is 0 Å². The van der Waals surface area contributed by atoms with Gasteiger partial charge in [-0.1, -0.05) is 12.8 Å². The number of nitrogens with two attached hydrogens (primary N) is 1. The van der Waals surface area contributed by atoms with Gasteiger partial charge in [-0.3, -0.25) is 4.79 Å². The van der Waals surface area contributed by atoms with Gasteiger partial charge >= 0.3 is 0 Å². The van der Waals surface area contributed by atoms with Crippen molar-refractivity contribution in [1.29, 1.82) is 0 Å². The average Bonchev–Trinajstić information content (AvgIpc) is 2.38. The molecule has 0 spiro atoms. The number of likely N-dealkylation sites (tertiary alicyclic amines) is 1. The summed E-state index contributed by atoms with van der Waals surface area (Å²) < 4.78 is 0. The minimum absolute atomic E-state index is 0.209. The molecule has 0 aliphatic carbocycles. The minimum atomic E-state index is 0.209. The van der Waals surface area contributed by atoms with Crippen LogP contribution in [0.2, 0.25) is 0 Å². The fraction of sp³-hybridized carbons (Fsp3) is 0.923. The SMILES string of the molecule is NCCCCCCC(=O)N1CCCC(CO)C1. The summed E-state index contributed by atoms with van der Waals surface area (Å²) in [7, 11) is 0. The fourth-order valence-corrected chi connectivity index (χ4v) is 2.37. The molecule has 17 heavy (non-hydrogen) atoms. The van der Waals surface area contributed by atoms with Crippen LogP contribution in [0.5, 0.6) is 0 Å². The first-order valence-corrected chi connectivity index (χ1v) is 6.86. The van der Waals surface area contributed by atoms with Crippen molar-refractivity contribution in [2.24, 2.45) is 11.7 Å². The van der Waals surface area contributed by atoms with Crippen LogP contribution in [0.1, 0.15) is 44.9 Å². The summed E-state index contributed by atoms with van der Waals surface area (Å²) in [4.78, 5) is 13.8. The molecule has 1 fully saturated rings. The van der Waals surface area contributed by atoms with Crippen molar-refractivity contribution >= 4 is 5.91 Å². The van der Waals surface area contributed by atoms with Crippen LogP contribution in [0.4, 0.5) is 0 Å². The number of rotatable bonds is 7. The Morgan fingerprint density at radius 2 is 2.06 bits per heavy atom. The van der Waals surface area contributed by atoms with Crippen LogP contribution in [-0.4, -0.2) is 42.2 Å². The van der Waals surface area contributed by atoms with E-state index in [1.54, 1.807) is 0 Å². The lowest BCUT2D eigenvalue weighted by Crippen LogP contribution is -2.40. The molecule has 0 radical (unpaired) electrons. The topological polar surface area (TPSA) is 66.6 Å². The molecule has 1 aliphatic rings. The summed E-state index contributed by atoms with van der Waals surface area (Å²) in [5.74, 6) is 0.556. The van der Waals surface area contributed by atoms with Gasteiger partial charge in [0.05, 0.1) is 0 Å². The smallest absolute Gasteiger partial charge is 0.222 e. The Morgan fingerprint density at radius 1 is 1.29 bits per heavy atom.